The lowest BCUT2D eigenvalue weighted by molar-refractivity contribution is -0.305. The van der Waals surface area contributed by atoms with Crippen LogP contribution in [-0.2, 0) is 23.8 Å². The standard InChI is InChI=1S/C72H123NO10/c1-4-7-10-13-16-19-22-25-27-29-31-32-33-34-35-37-39-42-45-48-51-54-57-60-67(77)83-70-69(79)68(78)66(61-74)82-72(70)81-62-63(64(75)58-55-52-49-46-43-40-24-21-18-15-12-9-6-3)73-71(80)65(76)59-56-53-50-47-44-41-38-36-30-28-26-23-20-17-14-11-8-5-2/h8,11,16-17,19-20,25-28,36,38,44,47,53,55-56,58,63-66,68-70,72,74-76,78-79H,4-7,9-10,12-15,18,21-24,29-35,37,39-43,45-46,48-52,54,57,59-62H2,1-3H3,(H,73,80)/b11-8-,19-16-,20-17-,27-25-,28-26-,38-36-,47-44-,56-53-,58-55+. The number of aliphatic hydroxyl groups excluding tert-OH is 5. The lowest BCUT2D eigenvalue weighted by Gasteiger charge is -2.41. The average molecular weight is 1160 g/mol. The second-order valence-electron chi connectivity index (χ2n) is 22.8. The topological polar surface area (TPSA) is 175 Å². The highest BCUT2D eigenvalue weighted by molar-refractivity contribution is 5.81. The molecule has 0 aromatic heterocycles. The zero-order chi connectivity index (χ0) is 60.3. The highest BCUT2D eigenvalue weighted by atomic mass is 16.7. The summed E-state index contributed by atoms with van der Waals surface area (Å²) in [6.07, 6.45) is 70.0. The van der Waals surface area contributed by atoms with Crippen LogP contribution in [0.5, 0.6) is 0 Å². The van der Waals surface area contributed by atoms with Crippen molar-refractivity contribution in [3.8, 4) is 0 Å². The Labute approximate surface area is 507 Å². The Morgan fingerprint density at radius 3 is 1.33 bits per heavy atom. The van der Waals surface area contributed by atoms with Crippen LogP contribution in [0.15, 0.2) is 109 Å². The van der Waals surface area contributed by atoms with Crippen molar-refractivity contribution in [2.24, 2.45) is 0 Å². The van der Waals surface area contributed by atoms with E-state index in [1.54, 1.807) is 12.2 Å². The van der Waals surface area contributed by atoms with Gasteiger partial charge in [0.15, 0.2) is 12.4 Å². The number of hydrogen-bond acceptors (Lipinski definition) is 10. The van der Waals surface area contributed by atoms with Crippen LogP contribution in [0, 0.1) is 0 Å². The molecule has 0 radical (unpaired) electrons. The number of rotatable bonds is 56. The molecule has 11 heteroatoms. The third-order valence-corrected chi connectivity index (χ3v) is 15.2. The van der Waals surface area contributed by atoms with Gasteiger partial charge in [0.05, 0.1) is 25.4 Å². The highest BCUT2D eigenvalue weighted by Gasteiger charge is 2.47. The van der Waals surface area contributed by atoms with Crippen molar-refractivity contribution in [1.82, 2.24) is 5.32 Å². The van der Waals surface area contributed by atoms with Gasteiger partial charge < -0.3 is 45.1 Å². The number of aliphatic hydroxyl groups is 5. The quantitative estimate of drug-likeness (QED) is 0.0195. The molecule has 1 amide bonds. The van der Waals surface area contributed by atoms with E-state index in [0.717, 1.165) is 83.5 Å². The molecule has 6 N–H and O–H groups in total. The van der Waals surface area contributed by atoms with Crippen molar-refractivity contribution < 1.29 is 49.3 Å². The van der Waals surface area contributed by atoms with Crippen LogP contribution in [0.1, 0.15) is 271 Å². The Morgan fingerprint density at radius 1 is 0.482 bits per heavy atom. The van der Waals surface area contributed by atoms with Gasteiger partial charge in [-0.25, -0.2) is 0 Å². The Bertz CT molecular complexity index is 1770. The fourth-order valence-corrected chi connectivity index (χ4v) is 9.87. The lowest BCUT2D eigenvalue weighted by atomic mass is 9.99. The number of ether oxygens (including phenoxy) is 3. The first kappa shape index (κ1) is 77.3. The second kappa shape index (κ2) is 58.7. The Hall–Kier alpha value is -3.68. The molecule has 0 aromatic rings. The molecule has 0 bridgehead atoms. The molecule has 0 saturated carbocycles. The van der Waals surface area contributed by atoms with Crippen LogP contribution in [0.4, 0.5) is 0 Å². The van der Waals surface area contributed by atoms with Crippen molar-refractivity contribution in [1.29, 1.82) is 0 Å². The fourth-order valence-electron chi connectivity index (χ4n) is 9.87. The van der Waals surface area contributed by atoms with Gasteiger partial charge in [0, 0.05) is 12.8 Å². The zero-order valence-electron chi connectivity index (χ0n) is 52.8. The number of hydrogen-bond donors (Lipinski definition) is 6. The molecule has 1 aliphatic heterocycles. The summed E-state index contributed by atoms with van der Waals surface area (Å²) < 4.78 is 17.6. The second-order valence-corrected chi connectivity index (χ2v) is 22.8. The molecule has 83 heavy (non-hydrogen) atoms. The summed E-state index contributed by atoms with van der Waals surface area (Å²) in [6, 6.07) is -1.07. The summed E-state index contributed by atoms with van der Waals surface area (Å²) in [5.41, 5.74) is 0. The fraction of sp³-hybridized carbons (Fsp3) is 0.722. The third kappa shape index (κ3) is 46.2. The van der Waals surface area contributed by atoms with E-state index in [1.165, 1.54) is 141 Å². The summed E-state index contributed by atoms with van der Waals surface area (Å²) >= 11 is 0. The van der Waals surface area contributed by atoms with Crippen molar-refractivity contribution in [2.45, 2.75) is 320 Å². The predicted molar refractivity (Wildman–Crippen MR) is 347 cm³/mol. The van der Waals surface area contributed by atoms with E-state index in [1.807, 2.05) is 18.2 Å². The average Bonchev–Trinajstić information content (AvgIpc) is 3.54. The van der Waals surface area contributed by atoms with Crippen molar-refractivity contribution in [2.75, 3.05) is 13.2 Å². The van der Waals surface area contributed by atoms with Crippen LogP contribution >= 0.6 is 0 Å². The minimum absolute atomic E-state index is 0.0537. The van der Waals surface area contributed by atoms with Gasteiger partial charge in [-0.05, 0) is 89.9 Å². The molecule has 1 heterocycles. The van der Waals surface area contributed by atoms with Crippen LogP contribution in [0.3, 0.4) is 0 Å². The number of carbonyl (C=O) groups excluding carboxylic acids is 2. The highest BCUT2D eigenvalue weighted by Crippen LogP contribution is 2.26. The molecule has 1 fully saturated rings. The number of allylic oxidation sites excluding steroid dienone is 16. The molecule has 11 nitrogen and oxygen atoms in total. The van der Waals surface area contributed by atoms with Gasteiger partial charge in [0.2, 0.25) is 5.91 Å². The van der Waals surface area contributed by atoms with Gasteiger partial charge in [0.1, 0.15) is 24.4 Å². The summed E-state index contributed by atoms with van der Waals surface area (Å²) in [5, 5.41) is 57.0. The van der Waals surface area contributed by atoms with Crippen molar-refractivity contribution >= 4 is 11.9 Å². The van der Waals surface area contributed by atoms with E-state index in [9.17, 15) is 35.1 Å². The Kier molecular flexibility index (Phi) is 54.7. The van der Waals surface area contributed by atoms with E-state index in [2.05, 4.69) is 105 Å². The molecular weight excluding hydrogens is 1040 g/mol. The van der Waals surface area contributed by atoms with Gasteiger partial charge in [-0.15, -0.1) is 0 Å². The predicted octanol–water partition coefficient (Wildman–Crippen LogP) is 16.8. The molecule has 8 atom stereocenters. The van der Waals surface area contributed by atoms with E-state index in [4.69, 9.17) is 14.2 Å². The SMILES string of the molecule is CC/C=C\C/C=C\C/C=C\C/C=C\C/C=C\C/C=C\CC(O)C(=O)NC(COC1OC(CO)C(O)C(O)C1OC(=O)CCCCCCCCCCCCCCC/C=C\C/C=C\CCCCC)C(O)/C=C/CCCCCCCCCCCCC. The molecule has 0 aliphatic carbocycles. The van der Waals surface area contributed by atoms with E-state index < -0.39 is 67.4 Å². The number of amides is 1. The van der Waals surface area contributed by atoms with Gasteiger partial charge >= 0.3 is 5.97 Å². The molecule has 0 spiro atoms. The van der Waals surface area contributed by atoms with Gasteiger partial charge in [-0.2, -0.15) is 0 Å². The first-order chi connectivity index (χ1) is 40.7. The van der Waals surface area contributed by atoms with E-state index in [0.29, 0.717) is 12.8 Å². The summed E-state index contributed by atoms with van der Waals surface area (Å²) in [4.78, 5) is 26.6. The van der Waals surface area contributed by atoms with E-state index in [-0.39, 0.29) is 19.4 Å². The van der Waals surface area contributed by atoms with Gasteiger partial charge in [-0.1, -0.05) is 278 Å². The van der Waals surface area contributed by atoms with Gasteiger partial charge in [-0.3, -0.25) is 9.59 Å². The first-order valence-electron chi connectivity index (χ1n) is 33.7. The monoisotopic (exact) mass is 1160 g/mol. The summed E-state index contributed by atoms with van der Waals surface area (Å²) in [7, 11) is 0. The van der Waals surface area contributed by atoms with Crippen molar-refractivity contribution in [3.63, 3.8) is 0 Å². The number of nitrogens with one attached hydrogen (secondary N) is 1. The number of unbranched alkanes of at least 4 members (excludes halogenated alkanes) is 27. The van der Waals surface area contributed by atoms with Gasteiger partial charge in [0.25, 0.3) is 0 Å². The van der Waals surface area contributed by atoms with Crippen LogP contribution < -0.4 is 5.32 Å². The minimum atomic E-state index is -1.63. The number of carbonyl (C=O) groups is 2. The van der Waals surface area contributed by atoms with Crippen molar-refractivity contribution in [3.05, 3.63) is 109 Å². The maximum Gasteiger partial charge on any atom is 0.306 e. The summed E-state index contributed by atoms with van der Waals surface area (Å²) in [6.45, 7) is 5.62. The Balaban J connectivity index is 2.67. The van der Waals surface area contributed by atoms with Crippen LogP contribution in [-0.4, -0.2) is 99.6 Å². The smallest absolute Gasteiger partial charge is 0.306 e. The third-order valence-electron chi connectivity index (χ3n) is 15.2. The molecule has 1 aliphatic rings. The largest absolute Gasteiger partial charge is 0.454 e. The van der Waals surface area contributed by atoms with Crippen LogP contribution in [0.2, 0.25) is 0 Å². The molecule has 1 rings (SSSR count). The molecule has 1 saturated heterocycles. The molecular formula is C72H123NO10. The Morgan fingerprint density at radius 2 is 0.867 bits per heavy atom. The molecule has 476 valence electrons. The molecule has 0 aromatic carbocycles. The summed E-state index contributed by atoms with van der Waals surface area (Å²) in [5.74, 6) is -1.29. The number of esters is 1. The maximum absolute atomic E-state index is 13.4. The minimum Gasteiger partial charge on any atom is -0.454 e. The molecule has 8 unspecified atom stereocenters. The normalized spacial score (nSPS) is 19.3. The van der Waals surface area contributed by atoms with Crippen LogP contribution in [0.25, 0.3) is 0 Å². The maximum atomic E-state index is 13.4. The zero-order valence-corrected chi connectivity index (χ0v) is 52.8. The van der Waals surface area contributed by atoms with E-state index >= 15 is 0 Å². The first-order valence-corrected chi connectivity index (χ1v) is 33.7. The lowest BCUT2D eigenvalue weighted by Crippen LogP contribution is -2.61.